The Hall–Kier alpha value is -2.82. The summed E-state index contributed by atoms with van der Waals surface area (Å²) in [5.41, 5.74) is 3.52. The van der Waals surface area contributed by atoms with Crippen LogP contribution in [0.1, 0.15) is 44.7 Å². The van der Waals surface area contributed by atoms with E-state index in [1.807, 2.05) is 43.3 Å². The SMILES string of the molecule is Cc1ccc(OCC(=O)Nc2ccccc2N2CCCC2=O)c(C(C)(C)C)c1. The molecule has 3 rings (SSSR count). The van der Waals surface area contributed by atoms with Gasteiger partial charge in [-0.25, -0.2) is 0 Å². The largest absolute Gasteiger partial charge is 0.483 e. The van der Waals surface area contributed by atoms with Crippen molar-refractivity contribution in [2.24, 2.45) is 0 Å². The molecule has 0 radical (unpaired) electrons. The molecular formula is C23H28N2O3. The van der Waals surface area contributed by atoms with Crippen LogP contribution in [0.2, 0.25) is 0 Å². The minimum Gasteiger partial charge on any atom is -0.483 e. The third-order valence-corrected chi connectivity index (χ3v) is 4.84. The van der Waals surface area contributed by atoms with Crippen LogP contribution in [0.3, 0.4) is 0 Å². The average Bonchev–Trinajstić information content (AvgIpc) is 3.06. The van der Waals surface area contributed by atoms with Gasteiger partial charge < -0.3 is 15.0 Å². The van der Waals surface area contributed by atoms with Crippen LogP contribution < -0.4 is 15.0 Å². The molecule has 0 aromatic heterocycles. The Labute approximate surface area is 166 Å². The van der Waals surface area contributed by atoms with Gasteiger partial charge in [0.1, 0.15) is 5.75 Å². The van der Waals surface area contributed by atoms with Crippen LogP contribution in [-0.2, 0) is 15.0 Å². The highest BCUT2D eigenvalue weighted by Gasteiger charge is 2.24. The molecule has 2 aromatic rings. The van der Waals surface area contributed by atoms with E-state index < -0.39 is 0 Å². The molecule has 28 heavy (non-hydrogen) atoms. The first-order valence-electron chi connectivity index (χ1n) is 9.69. The lowest BCUT2D eigenvalue weighted by Crippen LogP contribution is -2.27. The van der Waals surface area contributed by atoms with Gasteiger partial charge >= 0.3 is 0 Å². The molecule has 2 amide bonds. The molecular weight excluding hydrogens is 352 g/mol. The molecule has 1 aliphatic heterocycles. The molecule has 1 N–H and O–H groups in total. The second kappa shape index (κ2) is 8.05. The van der Waals surface area contributed by atoms with Crippen LogP contribution in [0.15, 0.2) is 42.5 Å². The summed E-state index contributed by atoms with van der Waals surface area (Å²) < 4.78 is 5.85. The van der Waals surface area contributed by atoms with E-state index in [2.05, 4.69) is 32.2 Å². The monoisotopic (exact) mass is 380 g/mol. The number of benzene rings is 2. The topological polar surface area (TPSA) is 58.6 Å². The van der Waals surface area contributed by atoms with Crippen molar-refractivity contribution in [2.45, 2.75) is 46.0 Å². The third-order valence-electron chi connectivity index (χ3n) is 4.84. The molecule has 5 heteroatoms. The molecule has 0 bridgehead atoms. The molecule has 0 saturated carbocycles. The Kier molecular flexibility index (Phi) is 5.73. The van der Waals surface area contributed by atoms with Crippen LogP contribution >= 0.6 is 0 Å². The molecule has 148 valence electrons. The molecule has 1 aliphatic rings. The quantitative estimate of drug-likeness (QED) is 0.834. The highest BCUT2D eigenvalue weighted by atomic mass is 16.5. The van der Waals surface area contributed by atoms with Crippen LogP contribution in [0.5, 0.6) is 5.75 Å². The van der Waals surface area contributed by atoms with Crippen molar-refractivity contribution >= 4 is 23.2 Å². The third kappa shape index (κ3) is 4.53. The van der Waals surface area contributed by atoms with E-state index in [0.717, 1.165) is 29.0 Å². The Morgan fingerprint density at radius 2 is 1.93 bits per heavy atom. The molecule has 2 aromatic carbocycles. The highest BCUT2D eigenvalue weighted by Crippen LogP contribution is 2.32. The smallest absolute Gasteiger partial charge is 0.262 e. The van der Waals surface area contributed by atoms with Crippen molar-refractivity contribution < 1.29 is 14.3 Å². The summed E-state index contributed by atoms with van der Waals surface area (Å²) in [4.78, 5) is 26.3. The van der Waals surface area contributed by atoms with Gasteiger partial charge in [0.15, 0.2) is 6.61 Å². The fourth-order valence-electron chi connectivity index (χ4n) is 3.40. The number of rotatable bonds is 5. The molecule has 0 unspecified atom stereocenters. The van der Waals surface area contributed by atoms with Gasteiger partial charge in [-0.15, -0.1) is 0 Å². The second-order valence-electron chi connectivity index (χ2n) is 8.25. The van der Waals surface area contributed by atoms with E-state index in [9.17, 15) is 9.59 Å². The maximum atomic E-state index is 12.5. The maximum Gasteiger partial charge on any atom is 0.262 e. The van der Waals surface area contributed by atoms with Gasteiger partial charge in [0.05, 0.1) is 11.4 Å². The first-order chi connectivity index (χ1) is 13.3. The van der Waals surface area contributed by atoms with Crippen molar-refractivity contribution in [3.8, 4) is 5.75 Å². The van der Waals surface area contributed by atoms with Crippen molar-refractivity contribution in [1.29, 1.82) is 0 Å². The second-order valence-corrected chi connectivity index (χ2v) is 8.25. The van der Waals surface area contributed by atoms with Crippen LogP contribution in [-0.4, -0.2) is 25.0 Å². The predicted molar refractivity (Wildman–Crippen MR) is 112 cm³/mol. The molecule has 0 atom stereocenters. The summed E-state index contributed by atoms with van der Waals surface area (Å²) in [7, 11) is 0. The molecule has 1 saturated heterocycles. The first-order valence-corrected chi connectivity index (χ1v) is 9.69. The van der Waals surface area contributed by atoms with E-state index in [4.69, 9.17) is 4.74 Å². The van der Waals surface area contributed by atoms with Crippen LogP contribution in [0.4, 0.5) is 11.4 Å². The number of hydrogen-bond donors (Lipinski definition) is 1. The number of anilines is 2. The van der Waals surface area contributed by atoms with E-state index in [1.165, 1.54) is 0 Å². The average molecular weight is 380 g/mol. The molecule has 0 spiro atoms. The first kappa shape index (κ1) is 19.9. The van der Waals surface area contributed by atoms with E-state index in [0.29, 0.717) is 18.7 Å². The normalized spacial score (nSPS) is 14.3. The van der Waals surface area contributed by atoms with Gasteiger partial charge in [-0.3, -0.25) is 9.59 Å². The number of ether oxygens (including phenoxy) is 1. The number of nitrogens with one attached hydrogen (secondary N) is 1. The maximum absolute atomic E-state index is 12.5. The zero-order valence-corrected chi connectivity index (χ0v) is 17.0. The number of carbonyl (C=O) groups is 2. The summed E-state index contributed by atoms with van der Waals surface area (Å²) in [5.74, 6) is 0.559. The standard InChI is InChI=1S/C23H28N2O3/c1-16-11-12-20(17(14-16)23(2,3)4)28-15-21(26)24-18-8-5-6-9-19(18)25-13-7-10-22(25)27/h5-6,8-9,11-12,14H,7,10,13,15H2,1-4H3,(H,24,26). The lowest BCUT2D eigenvalue weighted by Gasteiger charge is -2.23. The van der Waals surface area contributed by atoms with Crippen molar-refractivity contribution in [3.05, 3.63) is 53.6 Å². The lowest BCUT2D eigenvalue weighted by molar-refractivity contribution is -0.118. The number of para-hydroxylation sites is 2. The zero-order chi connectivity index (χ0) is 20.3. The minimum absolute atomic E-state index is 0.0828. The van der Waals surface area contributed by atoms with Crippen molar-refractivity contribution in [2.75, 3.05) is 23.4 Å². The minimum atomic E-state index is -0.250. The Morgan fingerprint density at radius 3 is 2.61 bits per heavy atom. The summed E-state index contributed by atoms with van der Waals surface area (Å²) >= 11 is 0. The number of amides is 2. The van der Waals surface area contributed by atoms with Gasteiger partial charge in [-0.2, -0.15) is 0 Å². The van der Waals surface area contributed by atoms with E-state index in [1.54, 1.807) is 4.90 Å². The fraction of sp³-hybridized carbons (Fsp3) is 0.391. The van der Waals surface area contributed by atoms with Gasteiger partial charge in [-0.05, 0) is 42.5 Å². The Morgan fingerprint density at radius 1 is 1.18 bits per heavy atom. The predicted octanol–water partition coefficient (Wildman–Crippen LogP) is 4.44. The van der Waals surface area contributed by atoms with Crippen molar-refractivity contribution in [3.63, 3.8) is 0 Å². The summed E-state index contributed by atoms with van der Waals surface area (Å²) in [6.45, 7) is 9.01. The number of hydrogen-bond acceptors (Lipinski definition) is 3. The summed E-state index contributed by atoms with van der Waals surface area (Å²) in [6, 6.07) is 13.4. The van der Waals surface area contributed by atoms with Gasteiger partial charge in [-0.1, -0.05) is 50.6 Å². The summed E-state index contributed by atoms with van der Waals surface area (Å²) in [6.07, 6.45) is 1.39. The van der Waals surface area contributed by atoms with Gasteiger partial charge in [0.25, 0.3) is 5.91 Å². The Balaban J connectivity index is 1.71. The number of aryl methyl sites for hydroxylation is 1. The lowest BCUT2D eigenvalue weighted by atomic mass is 9.85. The molecule has 1 fully saturated rings. The van der Waals surface area contributed by atoms with Crippen LogP contribution in [0, 0.1) is 6.92 Å². The molecule has 0 aliphatic carbocycles. The van der Waals surface area contributed by atoms with Crippen LogP contribution in [0.25, 0.3) is 0 Å². The van der Waals surface area contributed by atoms with Gasteiger partial charge in [0, 0.05) is 13.0 Å². The van der Waals surface area contributed by atoms with E-state index in [-0.39, 0.29) is 23.8 Å². The highest BCUT2D eigenvalue weighted by molar-refractivity contribution is 6.02. The zero-order valence-electron chi connectivity index (χ0n) is 17.0. The van der Waals surface area contributed by atoms with Crippen molar-refractivity contribution in [1.82, 2.24) is 0 Å². The molecule has 5 nitrogen and oxygen atoms in total. The number of nitrogens with zero attached hydrogens (tertiary/aromatic N) is 1. The van der Waals surface area contributed by atoms with Gasteiger partial charge in [0.2, 0.25) is 5.91 Å². The van der Waals surface area contributed by atoms with E-state index >= 15 is 0 Å². The summed E-state index contributed by atoms with van der Waals surface area (Å²) in [5, 5.41) is 2.89. The number of carbonyl (C=O) groups excluding carboxylic acids is 2. The molecule has 1 heterocycles. The Bertz CT molecular complexity index is 884. The fourth-order valence-corrected chi connectivity index (χ4v) is 3.40.